The fraction of sp³-hybridized carbons (Fsp3) is 0.462. The Morgan fingerprint density at radius 3 is 3.06 bits per heavy atom. The molecule has 0 amide bonds. The monoisotopic (exact) mass is 249 g/mol. The van der Waals surface area contributed by atoms with E-state index < -0.39 is 5.76 Å². The van der Waals surface area contributed by atoms with E-state index in [1.807, 2.05) is 18.2 Å². The number of nitrogens with one attached hydrogen (secondary N) is 2. The first-order valence-corrected chi connectivity index (χ1v) is 6.20. The topological polar surface area (TPSA) is 61.3 Å². The van der Waals surface area contributed by atoms with Crippen molar-refractivity contribution in [2.75, 3.05) is 26.7 Å². The molecule has 98 valence electrons. The van der Waals surface area contributed by atoms with E-state index in [0.717, 1.165) is 31.7 Å². The second-order valence-electron chi connectivity index (χ2n) is 4.44. The third-order valence-electron chi connectivity index (χ3n) is 2.86. The predicted molar refractivity (Wildman–Crippen MR) is 71.7 cm³/mol. The molecule has 1 aromatic carbocycles. The van der Waals surface area contributed by atoms with E-state index in [1.165, 1.54) is 5.56 Å². The van der Waals surface area contributed by atoms with Crippen LogP contribution in [0.4, 0.5) is 0 Å². The minimum absolute atomic E-state index is 0.400. The number of hydrogen-bond donors (Lipinski definition) is 2. The van der Waals surface area contributed by atoms with Gasteiger partial charge >= 0.3 is 5.76 Å². The Morgan fingerprint density at radius 1 is 1.44 bits per heavy atom. The second-order valence-corrected chi connectivity index (χ2v) is 4.44. The van der Waals surface area contributed by atoms with Crippen LogP contribution in [-0.2, 0) is 6.54 Å². The minimum atomic E-state index is -0.400. The molecule has 0 aliphatic rings. The lowest BCUT2D eigenvalue weighted by Gasteiger charge is -2.16. The van der Waals surface area contributed by atoms with Crippen LogP contribution in [0.2, 0.25) is 0 Å². The molecule has 0 aliphatic heterocycles. The third kappa shape index (κ3) is 3.21. The van der Waals surface area contributed by atoms with E-state index in [2.05, 4.69) is 29.2 Å². The summed E-state index contributed by atoms with van der Waals surface area (Å²) in [6.07, 6.45) is 0. The molecule has 0 aliphatic carbocycles. The molecule has 0 unspecified atom stereocenters. The number of H-pyrrole nitrogens is 1. The fourth-order valence-corrected chi connectivity index (χ4v) is 1.93. The average Bonchev–Trinajstić information content (AvgIpc) is 2.69. The summed E-state index contributed by atoms with van der Waals surface area (Å²) in [4.78, 5) is 16.0. The summed E-state index contributed by atoms with van der Waals surface area (Å²) in [7, 11) is 2.08. The first kappa shape index (κ1) is 12.9. The maximum atomic E-state index is 11.1. The van der Waals surface area contributed by atoms with Crippen molar-refractivity contribution in [1.82, 2.24) is 15.2 Å². The molecule has 0 fully saturated rings. The van der Waals surface area contributed by atoms with Crippen LogP contribution in [0.5, 0.6) is 0 Å². The fourth-order valence-electron chi connectivity index (χ4n) is 1.93. The second kappa shape index (κ2) is 5.84. The van der Waals surface area contributed by atoms with Crippen LogP contribution in [0.1, 0.15) is 12.5 Å². The molecule has 5 nitrogen and oxygen atoms in total. The summed E-state index contributed by atoms with van der Waals surface area (Å²) in [6, 6.07) is 5.79. The smallest absolute Gasteiger partial charge is 0.408 e. The van der Waals surface area contributed by atoms with E-state index >= 15 is 0 Å². The van der Waals surface area contributed by atoms with Crippen molar-refractivity contribution in [3.8, 4) is 0 Å². The summed E-state index contributed by atoms with van der Waals surface area (Å²) in [6.45, 7) is 5.93. The molecule has 5 heteroatoms. The zero-order chi connectivity index (χ0) is 13.0. The molecule has 0 atom stereocenters. The zero-order valence-corrected chi connectivity index (χ0v) is 10.8. The van der Waals surface area contributed by atoms with Crippen molar-refractivity contribution >= 4 is 11.1 Å². The Labute approximate surface area is 106 Å². The molecule has 1 aromatic heterocycles. The number of fused-ring (bicyclic) bond motifs is 1. The van der Waals surface area contributed by atoms with Crippen molar-refractivity contribution in [2.24, 2.45) is 0 Å². The van der Waals surface area contributed by atoms with E-state index in [0.29, 0.717) is 5.58 Å². The van der Waals surface area contributed by atoms with Crippen LogP contribution in [0.25, 0.3) is 11.1 Å². The third-order valence-corrected chi connectivity index (χ3v) is 2.86. The van der Waals surface area contributed by atoms with Gasteiger partial charge in [-0.25, -0.2) is 4.79 Å². The molecular weight excluding hydrogens is 230 g/mol. The molecule has 0 spiro atoms. The molecule has 2 aromatic rings. The molecular formula is C13H19N3O2. The number of nitrogens with zero attached hydrogens (tertiary/aromatic N) is 1. The summed E-state index contributed by atoms with van der Waals surface area (Å²) in [5.74, 6) is -0.400. The van der Waals surface area contributed by atoms with Gasteiger partial charge in [-0.2, -0.15) is 0 Å². The van der Waals surface area contributed by atoms with Gasteiger partial charge in [-0.05, 0) is 31.3 Å². The SMILES string of the molecule is CCNCCN(C)Cc1ccc2oc(=O)[nH]c2c1. The van der Waals surface area contributed by atoms with E-state index in [-0.39, 0.29) is 0 Å². The van der Waals surface area contributed by atoms with Crippen LogP contribution >= 0.6 is 0 Å². The van der Waals surface area contributed by atoms with Gasteiger partial charge in [0.15, 0.2) is 5.58 Å². The maximum Gasteiger partial charge on any atom is 0.417 e. The highest BCUT2D eigenvalue weighted by atomic mass is 16.4. The van der Waals surface area contributed by atoms with Crippen LogP contribution in [-0.4, -0.2) is 36.6 Å². The van der Waals surface area contributed by atoms with Crippen molar-refractivity contribution < 1.29 is 4.42 Å². The molecule has 0 saturated heterocycles. The minimum Gasteiger partial charge on any atom is -0.408 e. The predicted octanol–water partition coefficient (Wildman–Crippen LogP) is 1.16. The number of aromatic nitrogens is 1. The van der Waals surface area contributed by atoms with E-state index in [4.69, 9.17) is 4.42 Å². The highest BCUT2D eigenvalue weighted by molar-refractivity contribution is 5.72. The normalized spacial score (nSPS) is 11.5. The van der Waals surface area contributed by atoms with Crippen molar-refractivity contribution in [3.05, 3.63) is 34.3 Å². The average molecular weight is 249 g/mol. The van der Waals surface area contributed by atoms with Gasteiger partial charge in [-0.1, -0.05) is 13.0 Å². The Bertz CT molecular complexity index is 559. The zero-order valence-electron chi connectivity index (χ0n) is 10.8. The van der Waals surface area contributed by atoms with Gasteiger partial charge in [0.25, 0.3) is 0 Å². The molecule has 0 bridgehead atoms. The van der Waals surface area contributed by atoms with Gasteiger partial charge in [0, 0.05) is 19.6 Å². The Morgan fingerprint density at radius 2 is 2.28 bits per heavy atom. The van der Waals surface area contributed by atoms with Crippen LogP contribution in [0.15, 0.2) is 27.4 Å². The first-order valence-electron chi connectivity index (χ1n) is 6.20. The highest BCUT2D eigenvalue weighted by Gasteiger charge is 2.04. The van der Waals surface area contributed by atoms with Gasteiger partial charge in [0.2, 0.25) is 0 Å². The van der Waals surface area contributed by atoms with Crippen LogP contribution in [0.3, 0.4) is 0 Å². The first-order chi connectivity index (χ1) is 8.69. The molecule has 1 heterocycles. The molecule has 0 saturated carbocycles. The molecule has 18 heavy (non-hydrogen) atoms. The van der Waals surface area contributed by atoms with Gasteiger partial charge in [-0.15, -0.1) is 0 Å². The lowest BCUT2D eigenvalue weighted by molar-refractivity contribution is 0.326. The van der Waals surface area contributed by atoms with Crippen molar-refractivity contribution in [1.29, 1.82) is 0 Å². The number of rotatable bonds is 6. The molecule has 0 radical (unpaired) electrons. The standard InChI is InChI=1S/C13H19N3O2/c1-3-14-6-7-16(2)9-10-4-5-12-11(8-10)15-13(17)18-12/h4-5,8,14H,3,6-7,9H2,1-2H3,(H,15,17). The lowest BCUT2D eigenvalue weighted by Crippen LogP contribution is -2.28. The highest BCUT2D eigenvalue weighted by Crippen LogP contribution is 2.13. The van der Waals surface area contributed by atoms with Crippen molar-refractivity contribution in [3.63, 3.8) is 0 Å². The molecule has 2 N–H and O–H groups in total. The Kier molecular flexibility index (Phi) is 4.17. The van der Waals surface area contributed by atoms with Gasteiger partial charge in [0.05, 0.1) is 5.52 Å². The van der Waals surface area contributed by atoms with E-state index in [1.54, 1.807) is 0 Å². The van der Waals surface area contributed by atoms with Crippen LogP contribution in [0, 0.1) is 0 Å². The van der Waals surface area contributed by atoms with Crippen LogP contribution < -0.4 is 11.1 Å². The van der Waals surface area contributed by atoms with Crippen molar-refractivity contribution in [2.45, 2.75) is 13.5 Å². The largest absolute Gasteiger partial charge is 0.417 e. The van der Waals surface area contributed by atoms with Gasteiger partial charge in [0.1, 0.15) is 0 Å². The number of benzene rings is 1. The Hall–Kier alpha value is -1.59. The summed E-state index contributed by atoms with van der Waals surface area (Å²) in [5.41, 5.74) is 2.54. The number of hydrogen-bond acceptors (Lipinski definition) is 4. The Balaban J connectivity index is 2.00. The quantitative estimate of drug-likeness (QED) is 0.754. The van der Waals surface area contributed by atoms with Gasteiger partial charge < -0.3 is 14.6 Å². The molecule has 2 rings (SSSR count). The van der Waals surface area contributed by atoms with E-state index in [9.17, 15) is 4.79 Å². The maximum absolute atomic E-state index is 11.1. The summed E-state index contributed by atoms with van der Waals surface area (Å²) >= 11 is 0. The number of aromatic amines is 1. The van der Waals surface area contributed by atoms with Gasteiger partial charge in [-0.3, -0.25) is 4.98 Å². The summed E-state index contributed by atoms with van der Waals surface area (Å²) < 4.78 is 4.97. The number of oxazole rings is 1. The number of likely N-dealkylation sites (N-methyl/N-ethyl adjacent to an activating group) is 2. The lowest BCUT2D eigenvalue weighted by atomic mass is 10.2. The summed E-state index contributed by atoms with van der Waals surface area (Å²) in [5, 5.41) is 3.29.